The maximum Gasteiger partial charge on any atom is 0.416 e. The Hall–Kier alpha value is -2.76. The highest BCUT2D eigenvalue weighted by Crippen LogP contribution is 2.34. The highest BCUT2D eigenvalue weighted by atomic mass is 19.4. The smallest absolute Gasteiger partial charge is 0.416 e. The van der Waals surface area contributed by atoms with Gasteiger partial charge >= 0.3 is 6.18 Å². The summed E-state index contributed by atoms with van der Waals surface area (Å²) in [5, 5.41) is 2.82. The Morgan fingerprint density at radius 1 is 1.18 bits per heavy atom. The number of amides is 1. The molecule has 0 heterocycles. The van der Waals surface area contributed by atoms with E-state index in [9.17, 15) is 18.0 Å². The fraction of sp³-hybridized carbons (Fsp3) is 0.318. The van der Waals surface area contributed by atoms with Crippen molar-refractivity contribution in [3.8, 4) is 16.9 Å². The molecule has 0 atom stereocenters. The molecule has 2 aromatic rings. The summed E-state index contributed by atoms with van der Waals surface area (Å²) in [5.74, 6) is 0.411. The van der Waals surface area contributed by atoms with Gasteiger partial charge in [-0.3, -0.25) is 4.79 Å². The molecule has 0 saturated carbocycles. The number of alkyl halides is 3. The predicted octanol–water partition coefficient (Wildman–Crippen LogP) is 5.62. The lowest BCUT2D eigenvalue weighted by Gasteiger charge is -2.14. The number of carbonyl (C=O) groups excluding carboxylic acids is 1. The molecule has 1 amide bonds. The van der Waals surface area contributed by atoms with E-state index < -0.39 is 11.7 Å². The van der Waals surface area contributed by atoms with Crippen LogP contribution in [-0.4, -0.2) is 19.6 Å². The van der Waals surface area contributed by atoms with Crippen LogP contribution in [0.4, 0.5) is 13.2 Å². The van der Waals surface area contributed by atoms with E-state index in [1.165, 1.54) is 19.2 Å². The van der Waals surface area contributed by atoms with E-state index in [0.29, 0.717) is 23.4 Å². The molecule has 0 saturated heterocycles. The van der Waals surface area contributed by atoms with Gasteiger partial charge in [0, 0.05) is 12.1 Å². The number of halogens is 3. The van der Waals surface area contributed by atoms with Crippen molar-refractivity contribution in [3.63, 3.8) is 0 Å². The maximum atomic E-state index is 12.8. The zero-order chi connectivity index (χ0) is 20.9. The molecular formula is C22H24F3NO2. The fourth-order valence-corrected chi connectivity index (χ4v) is 2.79. The maximum absolute atomic E-state index is 12.8. The summed E-state index contributed by atoms with van der Waals surface area (Å²) in [7, 11) is 1.52. The molecule has 0 aromatic heterocycles. The van der Waals surface area contributed by atoms with Crippen molar-refractivity contribution >= 4 is 12.0 Å². The Balaban J connectivity index is 2.47. The zero-order valence-corrected chi connectivity index (χ0v) is 16.4. The van der Waals surface area contributed by atoms with Crippen LogP contribution >= 0.6 is 0 Å². The predicted molar refractivity (Wildman–Crippen MR) is 105 cm³/mol. The number of carbonyl (C=O) groups is 1. The lowest BCUT2D eigenvalue weighted by molar-refractivity contribution is -0.137. The molecule has 2 rings (SSSR count). The van der Waals surface area contributed by atoms with Gasteiger partial charge in [-0.25, -0.2) is 0 Å². The SMILES string of the molecule is CCCNC(=O)/C(C)=C/c1cc(OC)cc(-c2ccc(C(F)(F)F)cc2)c1C. The third-order valence-electron chi connectivity index (χ3n) is 4.45. The van der Waals surface area contributed by atoms with Crippen LogP contribution in [0.1, 0.15) is 37.0 Å². The molecule has 6 heteroatoms. The average molecular weight is 391 g/mol. The Kier molecular flexibility index (Phi) is 6.89. The highest BCUT2D eigenvalue weighted by molar-refractivity contribution is 5.97. The van der Waals surface area contributed by atoms with E-state index >= 15 is 0 Å². The second kappa shape index (κ2) is 8.95. The van der Waals surface area contributed by atoms with E-state index in [4.69, 9.17) is 4.74 Å². The van der Waals surface area contributed by atoms with Crippen molar-refractivity contribution in [2.75, 3.05) is 13.7 Å². The van der Waals surface area contributed by atoms with E-state index in [-0.39, 0.29) is 5.91 Å². The molecule has 28 heavy (non-hydrogen) atoms. The second-order valence-electron chi connectivity index (χ2n) is 6.55. The van der Waals surface area contributed by atoms with E-state index in [1.807, 2.05) is 13.8 Å². The molecule has 0 unspecified atom stereocenters. The topological polar surface area (TPSA) is 38.3 Å². The summed E-state index contributed by atoms with van der Waals surface area (Å²) in [6.45, 7) is 6.16. The molecule has 0 spiro atoms. The van der Waals surface area contributed by atoms with Crippen LogP contribution in [0.2, 0.25) is 0 Å². The summed E-state index contributed by atoms with van der Waals surface area (Å²) in [5.41, 5.74) is 2.87. The molecule has 0 aliphatic carbocycles. The van der Waals surface area contributed by atoms with Gasteiger partial charge in [-0.15, -0.1) is 0 Å². The van der Waals surface area contributed by atoms with Crippen molar-refractivity contribution in [3.05, 3.63) is 58.7 Å². The molecule has 0 radical (unpaired) electrons. The Morgan fingerprint density at radius 3 is 2.36 bits per heavy atom. The molecule has 3 nitrogen and oxygen atoms in total. The van der Waals surface area contributed by atoms with Crippen LogP contribution in [0.5, 0.6) is 5.75 Å². The number of hydrogen-bond donors (Lipinski definition) is 1. The minimum Gasteiger partial charge on any atom is -0.497 e. The van der Waals surface area contributed by atoms with E-state index in [1.54, 1.807) is 25.1 Å². The molecule has 0 fully saturated rings. The van der Waals surface area contributed by atoms with Crippen molar-refractivity contribution in [2.24, 2.45) is 0 Å². The third-order valence-corrected chi connectivity index (χ3v) is 4.45. The Bertz CT molecular complexity index is 869. The van der Waals surface area contributed by atoms with Gasteiger partial charge < -0.3 is 10.1 Å². The number of hydrogen-bond acceptors (Lipinski definition) is 2. The van der Waals surface area contributed by atoms with Crippen LogP contribution in [0, 0.1) is 6.92 Å². The summed E-state index contributed by atoms with van der Waals surface area (Å²) in [4.78, 5) is 12.1. The van der Waals surface area contributed by atoms with Gasteiger partial charge in [-0.05, 0) is 72.9 Å². The van der Waals surface area contributed by atoms with Gasteiger partial charge in [0.15, 0.2) is 0 Å². The number of rotatable bonds is 6. The molecule has 1 N–H and O–H groups in total. The van der Waals surface area contributed by atoms with Crippen molar-refractivity contribution in [1.82, 2.24) is 5.32 Å². The van der Waals surface area contributed by atoms with Gasteiger partial charge in [-0.1, -0.05) is 19.1 Å². The first-order chi connectivity index (χ1) is 13.2. The van der Waals surface area contributed by atoms with E-state index in [0.717, 1.165) is 35.2 Å². The van der Waals surface area contributed by atoms with Crippen LogP contribution in [0.25, 0.3) is 17.2 Å². The largest absolute Gasteiger partial charge is 0.497 e. The molecule has 150 valence electrons. The highest BCUT2D eigenvalue weighted by Gasteiger charge is 2.30. The Morgan fingerprint density at radius 2 is 1.82 bits per heavy atom. The number of methoxy groups -OCH3 is 1. The summed E-state index contributed by atoms with van der Waals surface area (Å²) < 4.78 is 43.8. The van der Waals surface area contributed by atoms with Gasteiger partial charge in [0.25, 0.3) is 0 Å². The van der Waals surface area contributed by atoms with E-state index in [2.05, 4.69) is 5.32 Å². The molecular weight excluding hydrogens is 367 g/mol. The van der Waals surface area contributed by atoms with Gasteiger partial charge in [0.1, 0.15) is 5.75 Å². The van der Waals surface area contributed by atoms with Crippen LogP contribution in [0.15, 0.2) is 42.0 Å². The number of nitrogens with one attached hydrogen (secondary N) is 1. The number of benzene rings is 2. The number of ether oxygens (including phenoxy) is 1. The third kappa shape index (κ3) is 5.15. The van der Waals surface area contributed by atoms with Gasteiger partial charge in [-0.2, -0.15) is 13.2 Å². The molecule has 0 aliphatic rings. The molecule has 2 aromatic carbocycles. The van der Waals surface area contributed by atoms with Crippen LogP contribution in [-0.2, 0) is 11.0 Å². The normalized spacial score (nSPS) is 12.0. The molecule has 0 aliphatic heterocycles. The first-order valence-corrected chi connectivity index (χ1v) is 9.00. The summed E-state index contributed by atoms with van der Waals surface area (Å²) in [6.07, 6.45) is -1.77. The quantitative estimate of drug-likeness (QED) is 0.649. The monoisotopic (exact) mass is 391 g/mol. The minimum absolute atomic E-state index is 0.153. The van der Waals surface area contributed by atoms with Crippen molar-refractivity contribution in [1.29, 1.82) is 0 Å². The first-order valence-electron chi connectivity index (χ1n) is 9.00. The lowest BCUT2D eigenvalue weighted by atomic mass is 9.94. The lowest BCUT2D eigenvalue weighted by Crippen LogP contribution is -2.24. The standard InChI is InChI=1S/C22H24F3NO2/c1-5-10-26-21(27)14(2)11-17-12-19(28-4)13-20(15(17)3)16-6-8-18(9-7-16)22(23,24)25/h6-9,11-13H,5,10H2,1-4H3,(H,26,27)/b14-11+. The average Bonchev–Trinajstić information content (AvgIpc) is 2.66. The van der Waals surface area contributed by atoms with Crippen LogP contribution < -0.4 is 10.1 Å². The van der Waals surface area contributed by atoms with Crippen LogP contribution in [0.3, 0.4) is 0 Å². The summed E-state index contributed by atoms with van der Waals surface area (Å²) in [6, 6.07) is 8.60. The van der Waals surface area contributed by atoms with Gasteiger partial charge in [0.05, 0.1) is 12.7 Å². The van der Waals surface area contributed by atoms with Crippen molar-refractivity contribution < 1.29 is 22.7 Å². The fourth-order valence-electron chi connectivity index (χ4n) is 2.79. The van der Waals surface area contributed by atoms with Gasteiger partial charge in [0.2, 0.25) is 5.91 Å². The minimum atomic E-state index is -4.38. The molecule has 0 bridgehead atoms. The summed E-state index contributed by atoms with van der Waals surface area (Å²) >= 11 is 0. The second-order valence-corrected chi connectivity index (χ2v) is 6.55. The zero-order valence-electron chi connectivity index (χ0n) is 16.4. The van der Waals surface area contributed by atoms with Crippen molar-refractivity contribution in [2.45, 2.75) is 33.4 Å². The first kappa shape index (κ1) is 21.5. The Labute approximate surface area is 163 Å².